The number of nitrogens with one attached hydrogen (secondary N) is 1. The Bertz CT molecular complexity index is 140. The van der Waals surface area contributed by atoms with Crippen molar-refractivity contribution in [1.29, 1.82) is 0 Å². The SMILES string of the molecule is C1CCN(CCC2CCNC2)OC1. The van der Waals surface area contributed by atoms with E-state index in [0.717, 1.165) is 25.6 Å². The van der Waals surface area contributed by atoms with E-state index in [-0.39, 0.29) is 0 Å². The van der Waals surface area contributed by atoms with E-state index in [9.17, 15) is 0 Å². The van der Waals surface area contributed by atoms with Gasteiger partial charge in [-0.3, -0.25) is 4.84 Å². The number of hydroxylamine groups is 2. The molecule has 0 bridgehead atoms. The summed E-state index contributed by atoms with van der Waals surface area (Å²) in [6, 6.07) is 0. The lowest BCUT2D eigenvalue weighted by atomic mass is 10.1. The normalized spacial score (nSPS) is 30.9. The van der Waals surface area contributed by atoms with Gasteiger partial charge in [-0.15, -0.1) is 0 Å². The van der Waals surface area contributed by atoms with E-state index in [1.807, 2.05) is 0 Å². The summed E-state index contributed by atoms with van der Waals surface area (Å²) >= 11 is 0. The van der Waals surface area contributed by atoms with Gasteiger partial charge in [-0.25, -0.2) is 0 Å². The minimum atomic E-state index is 0.894. The van der Waals surface area contributed by atoms with Gasteiger partial charge in [-0.1, -0.05) is 0 Å². The molecule has 2 saturated heterocycles. The first-order valence-corrected chi connectivity index (χ1v) is 5.54. The van der Waals surface area contributed by atoms with Crippen molar-refractivity contribution in [3.63, 3.8) is 0 Å². The summed E-state index contributed by atoms with van der Waals surface area (Å²) in [6.45, 7) is 5.63. The van der Waals surface area contributed by atoms with E-state index in [2.05, 4.69) is 10.4 Å². The molecule has 1 unspecified atom stereocenters. The zero-order chi connectivity index (χ0) is 8.93. The van der Waals surface area contributed by atoms with Crippen LogP contribution in [0.5, 0.6) is 0 Å². The highest BCUT2D eigenvalue weighted by atomic mass is 16.7. The second-order valence-electron chi connectivity index (χ2n) is 4.12. The molecule has 0 aromatic rings. The molecular formula is C10H20N2O. The molecule has 3 nitrogen and oxygen atoms in total. The van der Waals surface area contributed by atoms with Crippen LogP contribution in [0.2, 0.25) is 0 Å². The highest BCUT2D eigenvalue weighted by molar-refractivity contribution is 4.71. The fourth-order valence-corrected chi connectivity index (χ4v) is 2.11. The number of rotatable bonds is 3. The van der Waals surface area contributed by atoms with Crippen molar-refractivity contribution >= 4 is 0 Å². The summed E-state index contributed by atoms with van der Waals surface area (Å²) in [5.74, 6) is 0.894. The molecule has 0 radical (unpaired) electrons. The number of hydrogen-bond donors (Lipinski definition) is 1. The van der Waals surface area contributed by atoms with Gasteiger partial charge in [0.2, 0.25) is 0 Å². The molecular weight excluding hydrogens is 164 g/mol. The molecule has 0 aromatic carbocycles. The van der Waals surface area contributed by atoms with Crippen molar-refractivity contribution in [2.45, 2.75) is 25.7 Å². The summed E-state index contributed by atoms with van der Waals surface area (Å²) in [6.07, 6.45) is 5.20. The second-order valence-corrected chi connectivity index (χ2v) is 4.12. The summed E-state index contributed by atoms with van der Waals surface area (Å²) in [7, 11) is 0. The van der Waals surface area contributed by atoms with E-state index in [0.29, 0.717) is 0 Å². The largest absolute Gasteiger partial charge is 0.316 e. The molecule has 2 heterocycles. The highest BCUT2D eigenvalue weighted by Gasteiger charge is 2.17. The fourth-order valence-electron chi connectivity index (χ4n) is 2.11. The number of nitrogens with zero attached hydrogens (tertiary/aromatic N) is 1. The Morgan fingerprint density at radius 3 is 3.08 bits per heavy atom. The summed E-state index contributed by atoms with van der Waals surface area (Å²) < 4.78 is 0. The van der Waals surface area contributed by atoms with Crippen LogP contribution in [0.15, 0.2) is 0 Å². The Morgan fingerprint density at radius 2 is 2.38 bits per heavy atom. The molecule has 0 spiro atoms. The predicted molar refractivity (Wildman–Crippen MR) is 52.4 cm³/mol. The zero-order valence-corrected chi connectivity index (χ0v) is 8.30. The quantitative estimate of drug-likeness (QED) is 0.708. The van der Waals surface area contributed by atoms with Gasteiger partial charge in [0, 0.05) is 13.1 Å². The maximum atomic E-state index is 5.55. The minimum absolute atomic E-state index is 0.894. The molecule has 1 N–H and O–H groups in total. The third-order valence-electron chi connectivity index (χ3n) is 3.02. The van der Waals surface area contributed by atoms with Gasteiger partial charge in [0.1, 0.15) is 0 Å². The van der Waals surface area contributed by atoms with E-state index in [1.54, 1.807) is 0 Å². The first kappa shape index (κ1) is 9.44. The monoisotopic (exact) mass is 184 g/mol. The zero-order valence-electron chi connectivity index (χ0n) is 8.30. The summed E-state index contributed by atoms with van der Waals surface area (Å²) in [4.78, 5) is 5.55. The second kappa shape index (κ2) is 4.94. The van der Waals surface area contributed by atoms with Crippen molar-refractivity contribution in [3.8, 4) is 0 Å². The molecule has 2 aliphatic heterocycles. The molecule has 0 aliphatic carbocycles. The molecule has 2 fully saturated rings. The summed E-state index contributed by atoms with van der Waals surface area (Å²) in [5, 5.41) is 5.56. The number of hydrogen-bond acceptors (Lipinski definition) is 3. The maximum absolute atomic E-state index is 5.55. The van der Waals surface area contributed by atoms with Crippen molar-refractivity contribution in [1.82, 2.24) is 10.4 Å². The van der Waals surface area contributed by atoms with Crippen LogP contribution in [-0.4, -0.2) is 37.8 Å². The fraction of sp³-hybridized carbons (Fsp3) is 1.00. The lowest BCUT2D eigenvalue weighted by molar-refractivity contribution is -0.181. The Balaban J connectivity index is 1.60. The van der Waals surface area contributed by atoms with Crippen LogP contribution >= 0.6 is 0 Å². The molecule has 0 saturated carbocycles. The van der Waals surface area contributed by atoms with Crippen LogP contribution in [0, 0.1) is 5.92 Å². The molecule has 76 valence electrons. The molecule has 13 heavy (non-hydrogen) atoms. The van der Waals surface area contributed by atoms with Gasteiger partial charge >= 0.3 is 0 Å². The Labute approximate surface area is 80.4 Å². The smallest absolute Gasteiger partial charge is 0.0685 e. The molecule has 1 atom stereocenters. The van der Waals surface area contributed by atoms with Gasteiger partial charge < -0.3 is 5.32 Å². The van der Waals surface area contributed by atoms with Crippen molar-refractivity contribution in [2.24, 2.45) is 5.92 Å². The lowest BCUT2D eigenvalue weighted by Gasteiger charge is -2.26. The topological polar surface area (TPSA) is 24.5 Å². The maximum Gasteiger partial charge on any atom is 0.0685 e. The third-order valence-corrected chi connectivity index (χ3v) is 3.02. The Morgan fingerprint density at radius 1 is 1.38 bits per heavy atom. The van der Waals surface area contributed by atoms with E-state index in [4.69, 9.17) is 4.84 Å². The molecule has 2 aliphatic rings. The molecule has 0 aromatic heterocycles. The molecule has 3 heteroatoms. The highest BCUT2D eigenvalue weighted by Crippen LogP contribution is 2.14. The van der Waals surface area contributed by atoms with Gasteiger partial charge in [-0.2, -0.15) is 5.06 Å². The third kappa shape index (κ3) is 2.93. The van der Waals surface area contributed by atoms with Crippen molar-refractivity contribution in [3.05, 3.63) is 0 Å². The summed E-state index contributed by atoms with van der Waals surface area (Å²) in [5.41, 5.74) is 0. The van der Waals surface area contributed by atoms with Gasteiger partial charge in [0.25, 0.3) is 0 Å². The van der Waals surface area contributed by atoms with Crippen molar-refractivity contribution in [2.75, 3.05) is 32.8 Å². The standard InChI is InChI=1S/C10H20N2O/c1-2-8-13-12(6-1)7-4-10-3-5-11-9-10/h10-11H,1-9H2. The van der Waals surface area contributed by atoms with E-state index < -0.39 is 0 Å². The predicted octanol–water partition coefficient (Wildman–Crippen LogP) is 1.01. The van der Waals surface area contributed by atoms with Crippen LogP contribution in [0.4, 0.5) is 0 Å². The van der Waals surface area contributed by atoms with Gasteiger partial charge in [0.05, 0.1) is 6.61 Å². The molecule has 0 amide bonds. The van der Waals surface area contributed by atoms with Gasteiger partial charge in [0.15, 0.2) is 0 Å². The average Bonchev–Trinajstić information content (AvgIpc) is 2.69. The first-order valence-electron chi connectivity index (χ1n) is 5.54. The van der Waals surface area contributed by atoms with Crippen LogP contribution in [-0.2, 0) is 4.84 Å². The average molecular weight is 184 g/mol. The van der Waals surface area contributed by atoms with Crippen LogP contribution in [0.1, 0.15) is 25.7 Å². The first-order chi connectivity index (χ1) is 6.45. The van der Waals surface area contributed by atoms with Crippen molar-refractivity contribution < 1.29 is 4.84 Å². The Hall–Kier alpha value is -0.120. The minimum Gasteiger partial charge on any atom is -0.316 e. The Kier molecular flexibility index (Phi) is 3.58. The van der Waals surface area contributed by atoms with E-state index >= 15 is 0 Å². The van der Waals surface area contributed by atoms with Gasteiger partial charge in [-0.05, 0) is 44.7 Å². The van der Waals surface area contributed by atoms with E-state index in [1.165, 1.54) is 38.8 Å². The molecule has 2 rings (SSSR count). The lowest BCUT2D eigenvalue weighted by Crippen LogP contribution is -2.32. The van der Waals surface area contributed by atoms with Crippen LogP contribution < -0.4 is 5.32 Å². The van der Waals surface area contributed by atoms with Crippen LogP contribution in [0.3, 0.4) is 0 Å². The van der Waals surface area contributed by atoms with Crippen LogP contribution in [0.25, 0.3) is 0 Å².